The summed E-state index contributed by atoms with van der Waals surface area (Å²) in [4.78, 5) is 2.54. The van der Waals surface area contributed by atoms with E-state index in [1.54, 1.807) is 14.2 Å². The van der Waals surface area contributed by atoms with Gasteiger partial charge in [-0.15, -0.1) is 0 Å². The molecule has 2 unspecified atom stereocenters. The van der Waals surface area contributed by atoms with E-state index >= 15 is 0 Å². The fourth-order valence-corrected chi connectivity index (χ4v) is 4.30. The van der Waals surface area contributed by atoms with Crippen molar-refractivity contribution in [3.63, 3.8) is 0 Å². The average Bonchev–Trinajstić information content (AvgIpc) is 2.27. The van der Waals surface area contributed by atoms with Gasteiger partial charge in [-0.3, -0.25) is 4.90 Å². The molecule has 0 aromatic carbocycles. The van der Waals surface area contributed by atoms with Gasteiger partial charge in [0.05, 0.1) is 5.67 Å². The van der Waals surface area contributed by atoms with Crippen LogP contribution in [0.1, 0.15) is 20.3 Å². The molecular formula is C10H24N2O2Si. The van der Waals surface area contributed by atoms with Gasteiger partial charge in [0.25, 0.3) is 0 Å². The minimum absolute atomic E-state index is 0.497. The first kappa shape index (κ1) is 13.1. The van der Waals surface area contributed by atoms with E-state index in [1.165, 1.54) is 0 Å². The van der Waals surface area contributed by atoms with Crippen molar-refractivity contribution in [1.82, 2.24) is 10.2 Å². The summed E-state index contributed by atoms with van der Waals surface area (Å²) in [5.74, 6) is 0. The van der Waals surface area contributed by atoms with Gasteiger partial charge in [-0.25, -0.2) is 0 Å². The lowest BCUT2D eigenvalue weighted by Gasteiger charge is -2.41. The van der Waals surface area contributed by atoms with E-state index in [0.29, 0.717) is 11.7 Å². The summed E-state index contributed by atoms with van der Waals surface area (Å²) < 4.78 is 11.0. The highest BCUT2D eigenvalue weighted by atomic mass is 28.3. The first-order chi connectivity index (χ1) is 7.24. The number of rotatable bonds is 5. The molecule has 0 aromatic heterocycles. The molecule has 0 spiro atoms. The first-order valence-corrected chi connectivity index (χ1v) is 7.37. The fourth-order valence-electron chi connectivity index (χ4n) is 2.34. The van der Waals surface area contributed by atoms with Gasteiger partial charge in [0.15, 0.2) is 0 Å². The fraction of sp³-hybridized carbons (Fsp3) is 1.00. The Morgan fingerprint density at radius 2 is 2.13 bits per heavy atom. The summed E-state index contributed by atoms with van der Waals surface area (Å²) in [7, 11) is 2.03. The summed E-state index contributed by atoms with van der Waals surface area (Å²) in [5, 5.41) is 3.41. The zero-order chi connectivity index (χ0) is 11.3. The lowest BCUT2D eigenvalue weighted by atomic mass is 10.2. The third-order valence-corrected chi connectivity index (χ3v) is 5.59. The molecule has 2 atom stereocenters. The van der Waals surface area contributed by atoms with Crippen molar-refractivity contribution in [1.29, 1.82) is 0 Å². The van der Waals surface area contributed by atoms with E-state index in [1.807, 2.05) is 0 Å². The largest absolute Gasteiger partial charge is 0.399 e. The lowest BCUT2D eigenvalue weighted by molar-refractivity contribution is 0.119. The van der Waals surface area contributed by atoms with Crippen LogP contribution in [0.3, 0.4) is 0 Å². The van der Waals surface area contributed by atoms with Crippen LogP contribution in [0.25, 0.3) is 0 Å². The molecule has 1 rings (SSSR count). The maximum atomic E-state index is 5.51. The van der Waals surface area contributed by atoms with Gasteiger partial charge >= 0.3 is 9.28 Å². The molecule has 0 aliphatic carbocycles. The molecule has 15 heavy (non-hydrogen) atoms. The van der Waals surface area contributed by atoms with Gasteiger partial charge in [-0.1, -0.05) is 6.92 Å². The van der Waals surface area contributed by atoms with Gasteiger partial charge in [0.2, 0.25) is 0 Å². The van der Waals surface area contributed by atoms with E-state index in [4.69, 9.17) is 8.85 Å². The Bertz CT molecular complexity index is 179. The molecule has 1 saturated heterocycles. The van der Waals surface area contributed by atoms with Crippen molar-refractivity contribution < 1.29 is 8.85 Å². The summed E-state index contributed by atoms with van der Waals surface area (Å²) in [5.41, 5.74) is 0.497. The molecule has 0 radical (unpaired) electrons. The SMILES string of the molecule is CCC(N1CCNCC1C)[SiH](OC)OC. The second-order valence-corrected chi connectivity index (χ2v) is 6.56. The van der Waals surface area contributed by atoms with E-state index in [-0.39, 0.29) is 0 Å². The number of nitrogens with one attached hydrogen (secondary N) is 1. The zero-order valence-electron chi connectivity index (χ0n) is 10.3. The normalized spacial score (nSPS) is 25.8. The van der Waals surface area contributed by atoms with Gasteiger partial charge in [-0.05, 0) is 13.3 Å². The Morgan fingerprint density at radius 3 is 2.60 bits per heavy atom. The van der Waals surface area contributed by atoms with Crippen LogP contribution in [0.2, 0.25) is 0 Å². The monoisotopic (exact) mass is 232 g/mol. The van der Waals surface area contributed by atoms with Gasteiger partial charge in [0.1, 0.15) is 0 Å². The molecule has 1 N–H and O–H groups in total. The summed E-state index contributed by atoms with van der Waals surface area (Å²) in [6.45, 7) is 7.75. The average molecular weight is 232 g/mol. The number of nitrogens with zero attached hydrogens (tertiary/aromatic N) is 1. The summed E-state index contributed by atoms with van der Waals surface area (Å²) >= 11 is 0. The van der Waals surface area contributed by atoms with Crippen molar-refractivity contribution in [3.05, 3.63) is 0 Å². The molecule has 0 bridgehead atoms. The third kappa shape index (κ3) is 3.25. The first-order valence-electron chi connectivity index (χ1n) is 5.76. The third-order valence-electron chi connectivity index (χ3n) is 3.18. The smallest absolute Gasteiger partial charge is 0.338 e. The highest BCUT2D eigenvalue weighted by Gasteiger charge is 2.32. The Kier molecular flexibility index (Phi) is 5.77. The molecule has 0 amide bonds. The molecular weight excluding hydrogens is 208 g/mol. The van der Waals surface area contributed by atoms with Crippen LogP contribution in [0.4, 0.5) is 0 Å². The summed E-state index contributed by atoms with van der Waals surface area (Å²) in [6, 6.07) is 0.587. The Balaban J connectivity index is 2.62. The molecule has 1 heterocycles. The van der Waals surface area contributed by atoms with Crippen LogP contribution >= 0.6 is 0 Å². The minimum atomic E-state index is -1.52. The highest BCUT2D eigenvalue weighted by Crippen LogP contribution is 2.14. The molecule has 90 valence electrons. The van der Waals surface area contributed by atoms with E-state index in [9.17, 15) is 0 Å². The highest BCUT2D eigenvalue weighted by molar-refractivity contribution is 6.46. The number of hydrogen-bond donors (Lipinski definition) is 1. The Labute approximate surface area is 94.8 Å². The maximum Gasteiger partial charge on any atom is 0.338 e. The Hall–Kier alpha value is 0.0569. The van der Waals surface area contributed by atoms with Gasteiger partial charge in [-0.2, -0.15) is 0 Å². The lowest BCUT2D eigenvalue weighted by Crippen LogP contribution is -2.59. The second-order valence-electron chi connectivity index (χ2n) is 4.11. The van der Waals surface area contributed by atoms with Crippen LogP contribution in [-0.2, 0) is 8.85 Å². The second kappa shape index (κ2) is 6.60. The quantitative estimate of drug-likeness (QED) is 0.682. The predicted octanol–water partition coefficient (Wildman–Crippen LogP) is 0.111. The van der Waals surface area contributed by atoms with Gasteiger partial charge < -0.3 is 14.2 Å². The van der Waals surface area contributed by atoms with Crippen molar-refractivity contribution >= 4 is 9.28 Å². The van der Waals surface area contributed by atoms with E-state index in [0.717, 1.165) is 26.1 Å². The maximum absolute atomic E-state index is 5.51. The van der Waals surface area contributed by atoms with Gasteiger partial charge in [0, 0.05) is 39.9 Å². The van der Waals surface area contributed by atoms with Crippen LogP contribution < -0.4 is 5.32 Å². The molecule has 5 heteroatoms. The molecule has 1 aliphatic heterocycles. The standard InChI is InChI=1S/C10H24N2O2Si/c1-5-10(15(13-3)14-4)12-7-6-11-8-9(12)2/h9-11,15H,5-8H2,1-4H3. The van der Waals surface area contributed by atoms with Crippen LogP contribution in [0.5, 0.6) is 0 Å². The number of hydrogen-bond acceptors (Lipinski definition) is 4. The zero-order valence-corrected chi connectivity index (χ0v) is 11.5. The van der Waals surface area contributed by atoms with E-state index < -0.39 is 9.28 Å². The van der Waals surface area contributed by atoms with Crippen molar-refractivity contribution in [2.24, 2.45) is 0 Å². The minimum Gasteiger partial charge on any atom is -0.399 e. The number of piperazine rings is 1. The topological polar surface area (TPSA) is 33.7 Å². The van der Waals surface area contributed by atoms with E-state index in [2.05, 4.69) is 24.1 Å². The molecule has 1 fully saturated rings. The van der Waals surface area contributed by atoms with Crippen LogP contribution in [-0.4, -0.2) is 59.7 Å². The van der Waals surface area contributed by atoms with Crippen LogP contribution in [0.15, 0.2) is 0 Å². The summed E-state index contributed by atoms with van der Waals surface area (Å²) in [6.07, 6.45) is 1.11. The van der Waals surface area contributed by atoms with Crippen molar-refractivity contribution in [3.8, 4) is 0 Å². The molecule has 0 saturated carbocycles. The van der Waals surface area contributed by atoms with Crippen LogP contribution in [0, 0.1) is 0 Å². The molecule has 1 aliphatic rings. The predicted molar refractivity (Wildman–Crippen MR) is 64.3 cm³/mol. The molecule has 0 aromatic rings. The Morgan fingerprint density at radius 1 is 1.47 bits per heavy atom. The van der Waals surface area contributed by atoms with Crippen molar-refractivity contribution in [2.75, 3.05) is 33.9 Å². The van der Waals surface area contributed by atoms with Crippen molar-refractivity contribution in [2.45, 2.75) is 32.0 Å². The molecule has 4 nitrogen and oxygen atoms in total.